The molecule has 0 spiro atoms. The second-order valence-corrected chi connectivity index (χ2v) is 8.48. The van der Waals surface area contributed by atoms with Crippen molar-refractivity contribution in [1.29, 1.82) is 0 Å². The standard InChI is InChI=1S/C13H13ClN2O5S2/c1-23(20,21)12-6-8(2-3-9(12)16(18)19)15-7-10(17)11-4-5-13(14)22-11/h2-6,10,15,17H,7H2,1H3. The van der Waals surface area contributed by atoms with E-state index in [1.807, 2.05) is 0 Å². The number of nitro groups is 1. The molecule has 1 aromatic carbocycles. The lowest BCUT2D eigenvalue weighted by atomic mass is 10.2. The van der Waals surface area contributed by atoms with E-state index in [0.717, 1.165) is 12.3 Å². The van der Waals surface area contributed by atoms with Crippen molar-refractivity contribution in [2.45, 2.75) is 11.0 Å². The molecule has 2 N–H and O–H groups in total. The van der Waals surface area contributed by atoms with Crippen LogP contribution in [0.5, 0.6) is 0 Å². The van der Waals surface area contributed by atoms with Crippen LogP contribution in [0.15, 0.2) is 35.2 Å². The summed E-state index contributed by atoms with van der Waals surface area (Å²) in [5.41, 5.74) is -0.124. The monoisotopic (exact) mass is 376 g/mol. The number of halogens is 1. The lowest BCUT2D eigenvalue weighted by Crippen LogP contribution is -2.12. The molecule has 0 amide bonds. The second-order valence-electron chi connectivity index (χ2n) is 4.75. The molecule has 2 rings (SSSR count). The van der Waals surface area contributed by atoms with Gasteiger partial charge in [0.05, 0.1) is 9.26 Å². The largest absolute Gasteiger partial charge is 0.386 e. The van der Waals surface area contributed by atoms with Crippen molar-refractivity contribution in [2.24, 2.45) is 0 Å². The van der Waals surface area contributed by atoms with Gasteiger partial charge in [0.2, 0.25) is 0 Å². The number of sulfone groups is 1. The van der Waals surface area contributed by atoms with Gasteiger partial charge in [-0.15, -0.1) is 11.3 Å². The Kier molecular flexibility index (Phi) is 5.25. The Morgan fingerprint density at radius 3 is 2.61 bits per heavy atom. The maximum Gasteiger partial charge on any atom is 0.288 e. The molecule has 0 aliphatic heterocycles. The van der Waals surface area contributed by atoms with Gasteiger partial charge in [-0.05, 0) is 24.3 Å². The first-order valence-electron chi connectivity index (χ1n) is 6.34. The summed E-state index contributed by atoms with van der Waals surface area (Å²) in [6, 6.07) is 7.05. The van der Waals surface area contributed by atoms with Crippen molar-refractivity contribution in [3.05, 3.63) is 49.7 Å². The fourth-order valence-corrected chi connectivity index (χ4v) is 3.80. The topological polar surface area (TPSA) is 110 Å². The number of hydrogen-bond acceptors (Lipinski definition) is 7. The van der Waals surface area contributed by atoms with E-state index in [1.165, 1.54) is 23.5 Å². The van der Waals surface area contributed by atoms with Crippen LogP contribution in [0.3, 0.4) is 0 Å². The summed E-state index contributed by atoms with van der Waals surface area (Å²) in [6.45, 7) is 0.109. The van der Waals surface area contributed by atoms with Crippen molar-refractivity contribution < 1.29 is 18.4 Å². The van der Waals surface area contributed by atoms with Crippen molar-refractivity contribution in [2.75, 3.05) is 18.1 Å². The summed E-state index contributed by atoms with van der Waals surface area (Å²) in [6.07, 6.45) is 0.0751. The lowest BCUT2D eigenvalue weighted by molar-refractivity contribution is -0.387. The van der Waals surface area contributed by atoms with Gasteiger partial charge >= 0.3 is 0 Å². The Bertz CT molecular complexity index is 835. The van der Waals surface area contributed by atoms with E-state index < -0.39 is 26.6 Å². The van der Waals surface area contributed by atoms with Gasteiger partial charge in [-0.1, -0.05) is 11.6 Å². The minimum Gasteiger partial charge on any atom is -0.386 e. The van der Waals surface area contributed by atoms with Gasteiger partial charge in [0, 0.05) is 29.4 Å². The minimum absolute atomic E-state index is 0.109. The average molecular weight is 377 g/mol. The Morgan fingerprint density at radius 1 is 1.39 bits per heavy atom. The van der Waals surface area contributed by atoms with Crippen LogP contribution in [0.4, 0.5) is 11.4 Å². The van der Waals surface area contributed by atoms with Crippen molar-refractivity contribution in [1.82, 2.24) is 0 Å². The third-order valence-electron chi connectivity index (χ3n) is 2.98. The first-order valence-corrected chi connectivity index (χ1v) is 9.42. The van der Waals surface area contributed by atoms with Gasteiger partial charge in [-0.25, -0.2) is 8.42 Å². The number of thiophene rings is 1. The third kappa shape index (κ3) is 4.41. The van der Waals surface area contributed by atoms with Gasteiger partial charge < -0.3 is 10.4 Å². The predicted octanol–water partition coefficient (Wildman–Crippen LogP) is 2.86. The molecule has 0 radical (unpaired) electrons. The van der Waals surface area contributed by atoms with Crippen LogP contribution in [0, 0.1) is 10.1 Å². The van der Waals surface area contributed by atoms with E-state index in [1.54, 1.807) is 12.1 Å². The van der Waals surface area contributed by atoms with Crippen molar-refractivity contribution >= 4 is 44.1 Å². The Labute approximate surface area is 141 Å². The maximum absolute atomic E-state index is 11.7. The number of rotatable bonds is 6. The highest BCUT2D eigenvalue weighted by Crippen LogP contribution is 2.29. The van der Waals surface area contributed by atoms with E-state index in [9.17, 15) is 23.6 Å². The van der Waals surface area contributed by atoms with Gasteiger partial charge in [0.25, 0.3) is 5.69 Å². The molecule has 0 aliphatic rings. The fourth-order valence-electron chi connectivity index (χ4n) is 1.89. The average Bonchev–Trinajstić information content (AvgIpc) is 2.90. The molecule has 124 valence electrons. The predicted molar refractivity (Wildman–Crippen MR) is 89.0 cm³/mol. The van der Waals surface area contributed by atoms with Crippen LogP contribution in [-0.4, -0.2) is 31.2 Å². The molecule has 0 aliphatic carbocycles. The van der Waals surface area contributed by atoms with Gasteiger partial charge in [0.15, 0.2) is 9.84 Å². The van der Waals surface area contributed by atoms with Crippen LogP contribution in [0.2, 0.25) is 4.34 Å². The molecule has 1 atom stereocenters. The fraction of sp³-hybridized carbons (Fsp3) is 0.231. The summed E-state index contributed by atoms with van der Waals surface area (Å²) < 4.78 is 23.9. The molecule has 1 heterocycles. The van der Waals surface area contributed by atoms with Crippen LogP contribution >= 0.6 is 22.9 Å². The van der Waals surface area contributed by atoms with E-state index in [2.05, 4.69) is 5.32 Å². The molecule has 7 nitrogen and oxygen atoms in total. The molecule has 10 heteroatoms. The Balaban J connectivity index is 2.19. The molecule has 0 fully saturated rings. The number of hydrogen-bond donors (Lipinski definition) is 2. The number of nitrogens with one attached hydrogen (secondary N) is 1. The zero-order valence-corrected chi connectivity index (χ0v) is 14.3. The van der Waals surface area contributed by atoms with Crippen LogP contribution in [0.1, 0.15) is 11.0 Å². The first kappa shape index (κ1) is 17.7. The first-order chi connectivity index (χ1) is 10.7. The molecule has 0 saturated heterocycles. The SMILES string of the molecule is CS(=O)(=O)c1cc(NCC(O)c2ccc(Cl)s2)ccc1[N+](=O)[O-]. The van der Waals surface area contributed by atoms with Crippen LogP contribution < -0.4 is 5.32 Å². The molecule has 23 heavy (non-hydrogen) atoms. The van der Waals surface area contributed by atoms with E-state index in [4.69, 9.17) is 11.6 Å². The van der Waals surface area contributed by atoms with Gasteiger partial charge in [-0.2, -0.15) is 0 Å². The highest BCUT2D eigenvalue weighted by Gasteiger charge is 2.22. The third-order valence-corrected chi connectivity index (χ3v) is 5.44. The van der Waals surface area contributed by atoms with Gasteiger partial charge in [-0.3, -0.25) is 10.1 Å². The molecule has 1 unspecified atom stereocenters. The highest BCUT2D eigenvalue weighted by atomic mass is 35.5. The summed E-state index contributed by atoms with van der Waals surface area (Å²) in [4.78, 5) is 10.4. The minimum atomic E-state index is -3.75. The molecule has 1 aromatic heterocycles. The summed E-state index contributed by atoms with van der Waals surface area (Å²) >= 11 is 7.03. The summed E-state index contributed by atoms with van der Waals surface area (Å²) in [5, 5.41) is 23.8. The number of benzene rings is 1. The number of nitrogens with zero attached hydrogens (tertiary/aromatic N) is 1. The van der Waals surface area contributed by atoms with Crippen LogP contribution in [0.25, 0.3) is 0 Å². The normalized spacial score (nSPS) is 12.8. The Hall–Kier alpha value is -1.68. The van der Waals surface area contributed by atoms with Crippen LogP contribution in [-0.2, 0) is 9.84 Å². The molecule has 0 saturated carbocycles. The quantitative estimate of drug-likeness (QED) is 0.592. The van der Waals surface area contributed by atoms with Gasteiger partial charge in [0.1, 0.15) is 11.0 Å². The second kappa shape index (κ2) is 6.83. The number of aliphatic hydroxyl groups is 1. The summed E-state index contributed by atoms with van der Waals surface area (Å²) in [5.74, 6) is 0. The molecular formula is C13H13ClN2O5S2. The number of aliphatic hydroxyl groups excluding tert-OH is 1. The van der Waals surface area contributed by atoms with Crippen molar-refractivity contribution in [3.8, 4) is 0 Å². The zero-order valence-electron chi connectivity index (χ0n) is 11.9. The zero-order chi connectivity index (χ0) is 17.2. The Morgan fingerprint density at radius 2 is 2.09 bits per heavy atom. The van der Waals surface area contributed by atoms with E-state index in [0.29, 0.717) is 14.9 Å². The lowest BCUT2D eigenvalue weighted by Gasteiger charge is -2.12. The smallest absolute Gasteiger partial charge is 0.288 e. The number of anilines is 1. The molecule has 2 aromatic rings. The highest BCUT2D eigenvalue weighted by molar-refractivity contribution is 7.90. The summed E-state index contributed by atoms with van der Waals surface area (Å²) in [7, 11) is -3.75. The van der Waals surface area contributed by atoms with E-state index in [-0.39, 0.29) is 11.4 Å². The molecular weight excluding hydrogens is 364 g/mol. The molecule has 0 bridgehead atoms. The van der Waals surface area contributed by atoms with Crippen molar-refractivity contribution in [3.63, 3.8) is 0 Å². The number of nitro benzene ring substituents is 1. The maximum atomic E-state index is 11.7. The van der Waals surface area contributed by atoms with E-state index >= 15 is 0 Å².